The van der Waals surface area contributed by atoms with E-state index in [0.717, 1.165) is 0 Å². The van der Waals surface area contributed by atoms with Crippen LogP contribution in [-0.4, -0.2) is 34.5 Å². The average molecular weight is 215 g/mol. The fourth-order valence-corrected chi connectivity index (χ4v) is 1.14. The zero-order chi connectivity index (χ0) is 12.2. The van der Waals surface area contributed by atoms with Crippen molar-refractivity contribution in [2.24, 2.45) is 5.92 Å². The lowest BCUT2D eigenvalue weighted by Gasteiger charge is -2.33. The number of rotatable bonds is 5. The summed E-state index contributed by atoms with van der Waals surface area (Å²) in [4.78, 5) is 23.4. The number of ketones is 1. The first-order chi connectivity index (χ1) is 6.68. The van der Waals surface area contributed by atoms with Crippen LogP contribution in [0.4, 0.5) is 4.79 Å². The minimum atomic E-state index is -0.961. The van der Waals surface area contributed by atoms with Gasteiger partial charge in [-0.05, 0) is 20.3 Å². The molecule has 0 aliphatic carbocycles. The topological polar surface area (TPSA) is 57.6 Å². The highest BCUT2D eigenvalue weighted by molar-refractivity contribution is 5.80. The van der Waals surface area contributed by atoms with Gasteiger partial charge in [0.05, 0.1) is 0 Å². The summed E-state index contributed by atoms with van der Waals surface area (Å²) in [5, 5.41) is 8.83. The standard InChI is InChI=1S/C11H21NO3/c1-8(2)9(13)6-7-11(3,4)12(5)10(14)15/h8H,6-7H2,1-5H3,(H,14,15). The van der Waals surface area contributed by atoms with E-state index in [1.54, 1.807) is 0 Å². The van der Waals surface area contributed by atoms with E-state index in [9.17, 15) is 9.59 Å². The van der Waals surface area contributed by atoms with Crippen molar-refractivity contribution in [3.63, 3.8) is 0 Å². The molecule has 0 spiro atoms. The van der Waals surface area contributed by atoms with Crippen LogP contribution in [-0.2, 0) is 4.79 Å². The van der Waals surface area contributed by atoms with Crippen LogP contribution in [0.25, 0.3) is 0 Å². The number of nitrogens with zero attached hydrogens (tertiary/aromatic N) is 1. The molecule has 0 atom stereocenters. The monoisotopic (exact) mass is 215 g/mol. The molecule has 1 N–H and O–H groups in total. The number of carbonyl (C=O) groups is 2. The molecule has 0 radical (unpaired) electrons. The molecule has 0 bridgehead atoms. The fourth-order valence-electron chi connectivity index (χ4n) is 1.14. The van der Waals surface area contributed by atoms with Gasteiger partial charge in [0.2, 0.25) is 0 Å². The third-order valence-electron chi connectivity index (χ3n) is 2.82. The molecule has 4 nitrogen and oxygen atoms in total. The molecule has 1 amide bonds. The average Bonchev–Trinajstić information content (AvgIpc) is 2.12. The molecule has 15 heavy (non-hydrogen) atoms. The zero-order valence-electron chi connectivity index (χ0n) is 10.2. The van der Waals surface area contributed by atoms with Crippen molar-refractivity contribution in [3.05, 3.63) is 0 Å². The maximum absolute atomic E-state index is 11.4. The summed E-state index contributed by atoms with van der Waals surface area (Å²) in [7, 11) is 1.53. The Kier molecular flexibility index (Phi) is 4.78. The number of Topliss-reactive ketones (excluding diaryl/α,β-unsaturated/α-hetero) is 1. The smallest absolute Gasteiger partial charge is 0.407 e. The molecule has 0 heterocycles. The van der Waals surface area contributed by atoms with Crippen molar-refractivity contribution >= 4 is 11.9 Å². The third kappa shape index (κ3) is 4.32. The number of carbonyl (C=O) groups excluding carboxylic acids is 1. The first-order valence-electron chi connectivity index (χ1n) is 5.18. The first-order valence-corrected chi connectivity index (χ1v) is 5.18. The maximum atomic E-state index is 11.4. The van der Waals surface area contributed by atoms with Gasteiger partial charge in [-0.1, -0.05) is 13.8 Å². The molecule has 0 saturated carbocycles. The Labute approximate surface area is 91.3 Å². The molecule has 0 unspecified atom stereocenters. The summed E-state index contributed by atoms with van der Waals surface area (Å²) < 4.78 is 0. The predicted molar refractivity (Wildman–Crippen MR) is 58.9 cm³/mol. The Morgan fingerprint density at radius 3 is 2.13 bits per heavy atom. The summed E-state index contributed by atoms with van der Waals surface area (Å²) in [5.41, 5.74) is -0.490. The van der Waals surface area contributed by atoms with Gasteiger partial charge in [-0.25, -0.2) is 4.79 Å². The molecule has 0 aromatic heterocycles. The van der Waals surface area contributed by atoms with E-state index < -0.39 is 11.6 Å². The molecule has 0 rings (SSSR count). The molecule has 0 aliphatic rings. The Balaban J connectivity index is 4.27. The number of carboxylic acid groups (broad SMARTS) is 1. The Morgan fingerprint density at radius 2 is 1.80 bits per heavy atom. The molecule has 0 fully saturated rings. The minimum absolute atomic E-state index is 0.0240. The minimum Gasteiger partial charge on any atom is -0.465 e. The van der Waals surface area contributed by atoms with E-state index in [0.29, 0.717) is 12.8 Å². The maximum Gasteiger partial charge on any atom is 0.407 e. The molecular formula is C11H21NO3. The molecule has 88 valence electrons. The molecular weight excluding hydrogens is 194 g/mol. The SMILES string of the molecule is CC(C)C(=O)CCC(C)(C)N(C)C(=O)O. The highest BCUT2D eigenvalue weighted by atomic mass is 16.4. The second-order valence-corrected chi connectivity index (χ2v) is 4.78. The van der Waals surface area contributed by atoms with Gasteiger partial charge in [-0.2, -0.15) is 0 Å². The van der Waals surface area contributed by atoms with Gasteiger partial charge in [-0.3, -0.25) is 4.79 Å². The van der Waals surface area contributed by atoms with Gasteiger partial charge in [0.15, 0.2) is 0 Å². The van der Waals surface area contributed by atoms with Gasteiger partial charge in [0.1, 0.15) is 5.78 Å². The van der Waals surface area contributed by atoms with Crippen molar-refractivity contribution in [1.29, 1.82) is 0 Å². The van der Waals surface area contributed by atoms with E-state index >= 15 is 0 Å². The molecule has 0 aromatic rings. The fraction of sp³-hybridized carbons (Fsp3) is 0.818. The predicted octanol–water partition coefficient (Wildman–Crippen LogP) is 2.38. The normalized spacial score (nSPS) is 11.6. The van der Waals surface area contributed by atoms with Gasteiger partial charge in [0.25, 0.3) is 0 Å². The number of hydrogen-bond donors (Lipinski definition) is 1. The zero-order valence-corrected chi connectivity index (χ0v) is 10.2. The largest absolute Gasteiger partial charge is 0.465 e. The summed E-state index contributed by atoms with van der Waals surface area (Å²) in [6.45, 7) is 7.37. The van der Waals surface area contributed by atoms with Crippen molar-refractivity contribution in [3.8, 4) is 0 Å². The third-order valence-corrected chi connectivity index (χ3v) is 2.82. The van der Waals surface area contributed by atoms with Crippen LogP contribution in [0.3, 0.4) is 0 Å². The molecule has 4 heteroatoms. The Bertz CT molecular complexity index is 246. The highest BCUT2D eigenvalue weighted by Crippen LogP contribution is 2.20. The molecule has 0 aliphatic heterocycles. The van der Waals surface area contributed by atoms with Crippen LogP contribution in [0.5, 0.6) is 0 Å². The van der Waals surface area contributed by atoms with Crippen LogP contribution in [0.15, 0.2) is 0 Å². The van der Waals surface area contributed by atoms with Gasteiger partial charge >= 0.3 is 6.09 Å². The lowest BCUT2D eigenvalue weighted by atomic mass is 9.93. The van der Waals surface area contributed by atoms with Crippen LogP contribution in [0, 0.1) is 5.92 Å². The van der Waals surface area contributed by atoms with Crippen molar-refractivity contribution in [2.75, 3.05) is 7.05 Å². The van der Waals surface area contributed by atoms with Crippen LogP contribution < -0.4 is 0 Å². The van der Waals surface area contributed by atoms with E-state index in [1.165, 1.54) is 11.9 Å². The molecule has 0 aromatic carbocycles. The quantitative estimate of drug-likeness (QED) is 0.766. The summed E-state index contributed by atoms with van der Waals surface area (Å²) >= 11 is 0. The number of amides is 1. The number of hydrogen-bond acceptors (Lipinski definition) is 2. The Hall–Kier alpha value is -1.06. The van der Waals surface area contributed by atoms with Crippen LogP contribution in [0.2, 0.25) is 0 Å². The van der Waals surface area contributed by atoms with Crippen molar-refractivity contribution < 1.29 is 14.7 Å². The second kappa shape index (κ2) is 5.14. The van der Waals surface area contributed by atoms with E-state index in [4.69, 9.17) is 5.11 Å². The first kappa shape index (κ1) is 13.9. The van der Waals surface area contributed by atoms with E-state index in [-0.39, 0.29) is 11.7 Å². The lowest BCUT2D eigenvalue weighted by molar-refractivity contribution is -0.122. The Morgan fingerprint density at radius 1 is 1.33 bits per heavy atom. The summed E-state index contributed by atoms with van der Waals surface area (Å²) in [6, 6.07) is 0. The summed E-state index contributed by atoms with van der Waals surface area (Å²) in [6.07, 6.45) is 0.0340. The molecule has 0 saturated heterocycles. The van der Waals surface area contributed by atoms with Crippen LogP contribution in [0.1, 0.15) is 40.5 Å². The van der Waals surface area contributed by atoms with E-state index in [1.807, 2.05) is 27.7 Å². The van der Waals surface area contributed by atoms with Crippen molar-refractivity contribution in [1.82, 2.24) is 4.90 Å². The van der Waals surface area contributed by atoms with Gasteiger partial charge in [-0.15, -0.1) is 0 Å². The van der Waals surface area contributed by atoms with Gasteiger partial charge in [0, 0.05) is 24.9 Å². The lowest BCUT2D eigenvalue weighted by Crippen LogP contribution is -2.44. The highest BCUT2D eigenvalue weighted by Gasteiger charge is 2.28. The van der Waals surface area contributed by atoms with Gasteiger partial charge < -0.3 is 10.0 Å². The second-order valence-electron chi connectivity index (χ2n) is 4.78. The summed E-state index contributed by atoms with van der Waals surface area (Å²) in [5.74, 6) is 0.206. The van der Waals surface area contributed by atoms with Crippen LogP contribution >= 0.6 is 0 Å². The van der Waals surface area contributed by atoms with Crippen molar-refractivity contribution in [2.45, 2.75) is 46.1 Å². The van der Waals surface area contributed by atoms with E-state index in [2.05, 4.69) is 0 Å².